The summed E-state index contributed by atoms with van der Waals surface area (Å²) in [6.45, 7) is 0.689. The molecule has 2 saturated heterocycles. The SMILES string of the molecule is N#CN=C1SCCN1C(F)(F)C1CCOC1. The lowest BCUT2D eigenvalue weighted by Crippen LogP contribution is -2.48. The van der Waals surface area contributed by atoms with E-state index in [-0.39, 0.29) is 18.3 Å². The average Bonchev–Trinajstić information content (AvgIpc) is 2.88. The van der Waals surface area contributed by atoms with E-state index in [0.29, 0.717) is 18.8 Å². The smallest absolute Gasteiger partial charge is 0.332 e. The van der Waals surface area contributed by atoms with Crippen molar-refractivity contribution in [2.75, 3.05) is 25.5 Å². The van der Waals surface area contributed by atoms with Crippen LogP contribution in [0.4, 0.5) is 8.78 Å². The molecule has 2 heterocycles. The monoisotopic (exact) mass is 247 g/mol. The Hall–Kier alpha value is -0.870. The quantitative estimate of drug-likeness (QED) is 0.548. The van der Waals surface area contributed by atoms with Gasteiger partial charge in [-0.1, -0.05) is 11.8 Å². The Morgan fingerprint density at radius 1 is 1.62 bits per heavy atom. The third-order valence-electron chi connectivity index (χ3n) is 2.70. The van der Waals surface area contributed by atoms with Crippen LogP contribution in [0.3, 0.4) is 0 Å². The molecular formula is C9H11F2N3OS. The van der Waals surface area contributed by atoms with Crippen molar-refractivity contribution in [2.45, 2.75) is 12.5 Å². The van der Waals surface area contributed by atoms with Gasteiger partial charge in [0, 0.05) is 18.9 Å². The van der Waals surface area contributed by atoms with Crippen LogP contribution in [0.5, 0.6) is 0 Å². The number of alkyl halides is 2. The Bertz CT molecular complexity index is 336. The van der Waals surface area contributed by atoms with Crippen molar-refractivity contribution >= 4 is 16.9 Å². The van der Waals surface area contributed by atoms with Crippen LogP contribution in [-0.4, -0.2) is 41.6 Å². The minimum absolute atomic E-state index is 0.0774. The van der Waals surface area contributed by atoms with Crippen molar-refractivity contribution < 1.29 is 13.5 Å². The van der Waals surface area contributed by atoms with Crippen LogP contribution in [-0.2, 0) is 4.74 Å². The van der Waals surface area contributed by atoms with Gasteiger partial charge < -0.3 is 4.74 Å². The van der Waals surface area contributed by atoms with Gasteiger partial charge in [0.1, 0.15) is 0 Å². The third-order valence-corrected chi connectivity index (χ3v) is 3.66. The molecule has 2 rings (SSSR count). The predicted octanol–water partition coefficient (Wildman–Crippen LogP) is 1.50. The van der Waals surface area contributed by atoms with Gasteiger partial charge >= 0.3 is 6.05 Å². The zero-order valence-electron chi connectivity index (χ0n) is 8.53. The molecule has 1 unspecified atom stereocenters. The molecule has 0 aromatic rings. The Morgan fingerprint density at radius 2 is 2.44 bits per heavy atom. The highest BCUT2D eigenvalue weighted by molar-refractivity contribution is 8.14. The minimum atomic E-state index is -2.96. The first-order valence-corrected chi connectivity index (χ1v) is 5.97. The van der Waals surface area contributed by atoms with Gasteiger partial charge in [0.15, 0.2) is 5.17 Å². The van der Waals surface area contributed by atoms with Gasteiger partial charge in [-0.15, -0.1) is 4.99 Å². The maximum atomic E-state index is 14.0. The molecular weight excluding hydrogens is 236 g/mol. The average molecular weight is 247 g/mol. The second kappa shape index (κ2) is 4.55. The number of hydrogen-bond acceptors (Lipinski definition) is 4. The molecule has 0 radical (unpaired) electrons. The highest BCUT2D eigenvalue weighted by atomic mass is 32.2. The van der Waals surface area contributed by atoms with Gasteiger partial charge in [0.2, 0.25) is 6.19 Å². The summed E-state index contributed by atoms with van der Waals surface area (Å²) >= 11 is 1.19. The maximum absolute atomic E-state index is 14.0. The minimum Gasteiger partial charge on any atom is -0.381 e. The van der Waals surface area contributed by atoms with Crippen molar-refractivity contribution in [3.8, 4) is 6.19 Å². The van der Waals surface area contributed by atoms with Crippen molar-refractivity contribution in [1.29, 1.82) is 5.26 Å². The Balaban J connectivity index is 2.16. The molecule has 0 saturated carbocycles. The zero-order chi connectivity index (χ0) is 11.6. The summed E-state index contributed by atoms with van der Waals surface area (Å²) in [5.41, 5.74) is 0. The molecule has 2 aliphatic heterocycles. The van der Waals surface area contributed by atoms with E-state index >= 15 is 0 Å². The normalized spacial score (nSPS) is 28.7. The standard InChI is InChI=1S/C9H11F2N3OS/c10-9(11,7-1-3-15-5-7)14-2-4-16-8(14)13-6-12/h7H,1-5H2. The molecule has 2 fully saturated rings. The van der Waals surface area contributed by atoms with Crippen LogP contribution in [0.2, 0.25) is 0 Å². The second-order valence-electron chi connectivity index (χ2n) is 3.64. The van der Waals surface area contributed by atoms with E-state index in [4.69, 9.17) is 10.00 Å². The first kappa shape index (κ1) is 11.6. The molecule has 2 aliphatic rings. The molecule has 88 valence electrons. The maximum Gasteiger partial charge on any atom is 0.332 e. The number of rotatable bonds is 2. The van der Waals surface area contributed by atoms with Crippen LogP contribution in [0.15, 0.2) is 4.99 Å². The number of nitrogens with zero attached hydrogens (tertiary/aromatic N) is 3. The molecule has 0 bridgehead atoms. The van der Waals surface area contributed by atoms with Crippen LogP contribution < -0.4 is 0 Å². The summed E-state index contributed by atoms with van der Waals surface area (Å²) in [4.78, 5) is 4.36. The van der Waals surface area contributed by atoms with Crippen molar-refractivity contribution in [2.24, 2.45) is 10.9 Å². The van der Waals surface area contributed by atoms with Crippen LogP contribution >= 0.6 is 11.8 Å². The summed E-state index contributed by atoms with van der Waals surface area (Å²) in [5.74, 6) is -0.251. The molecule has 0 aromatic carbocycles. The molecule has 0 aromatic heterocycles. The number of ether oxygens (including phenoxy) is 1. The van der Waals surface area contributed by atoms with Gasteiger partial charge in [-0.05, 0) is 6.42 Å². The van der Waals surface area contributed by atoms with Crippen LogP contribution in [0, 0.1) is 17.4 Å². The number of amidine groups is 1. The first-order valence-electron chi connectivity index (χ1n) is 4.99. The third kappa shape index (κ3) is 1.99. The number of hydrogen-bond donors (Lipinski definition) is 0. The molecule has 4 nitrogen and oxygen atoms in total. The molecule has 0 N–H and O–H groups in total. The molecule has 16 heavy (non-hydrogen) atoms. The number of nitriles is 1. The fourth-order valence-electron chi connectivity index (χ4n) is 1.84. The molecule has 1 atom stereocenters. The van der Waals surface area contributed by atoms with Crippen molar-refractivity contribution in [3.63, 3.8) is 0 Å². The van der Waals surface area contributed by atoms with E-state index in [1.54, 1.807) is 6.19 Å². The van der Waals surface area contributed by atoms with E-state index in [1.807, 2.05) is 0 Å². The summed E-state index contributed by atoms with van der Waals surface area (Å²) in [5, 5.41) is 8.55. The largest absolute Gasteiger partial charge is 0.381 e. The number of thioether (sulfide) groups is 1. The van der Waals surface area contributed by atoms with Gasteiger partial charge in [-0.25, -0.2) is 0 Å². The van der Waals surface area contributed by atoms with E-state index < -0.39 is 12.0 Å². The summed E-state index contributed by atoms with van der Waals surface area (Å²) in [7, 11) is 0. The Kier molecular flexibility index (Phi) is 3.30. The lowest BCUT2D eigenvalue weighted by atomic mass is 10.1. The van der Waals surface area contributed by atoms with Crippen LogP contribution in [0.25, 0.3) is 0 Å². The summed E-state index contributed by atoms with van der Waals surface area (Å²) < 4.78 is 33.1. The number of aliphatic imine (C=N–C) groups is 1. The molecule has 0 spiro atoms. The van der Waals surface area contributed by atoms with Gasteiger partial charge in [0.25, 0.3) is 0 Å². The Morgan fingerprint density at radius 3 is 3.06 bits per heavy atom. The molecule has 0 amide bonds. The molecule has 7 heteroatoms. The Labute approximate surface area is 96.3 Å². The van der Waals surface area contributed by atoms with E-state index in [9.17, 15) is 8.78 Å². The zero-order valence-corrected chi connectivity index (χ0v) is 9.34. The fourth-order valence-corrected chi connectivity index (χ4v) is 2.77. The van der Waals surface area contributed by atoms with Crippen molar-refractivity contribution in [3.05, 3.63) is 0 Å². The lowest BCUT2D eigenvalue weighted by Gasteiger charge is -2.31. The van der Waals surface area contributed by atoms with Crippen molar-refractivity contribution in [1.82, 2.24) is 4.90 Å². The first-order chi connectivity index (χ1) is 7.66. The van der Waals surface area contributed by atoms with E-state index in [2.05, 4.69) is 4.99 Å². The van der Waals surface area contributed by atoms with E-state index in [0.717, 1.165) is 4.90 Å². The number of halogens is 2. The second-order valence-corrected chi connectivity index (χ2v) is 4.70. The predicted molar refractivity (Wildman–Crippen MR) is 56.1 cm³/mol. The summed E-state index contributed by atoms with van der Waals surface area (Å²) in [6, 6.07) is -2.96. The summed E-state index contributed by atoms with van der Waals surface area (Å²) in [6.07, 6.45) is 1.92. The highest BCUT2D eigenvalue weighted by Crippen LogP contribution is 2.38. The molecule has 0 aliphatic carbocycles. The van der Waals surface area contributed by atoms with Gasteiger partial charge in [0.05, 0.1) is 12.5 Å². The van der Waals surface area contributed by atoms with Crippen LogP contribution in [0.1, 0.15) is 6.42 Å². The topological polar surface area (TPSA) is 48.6 Å². The lowest BCUT2D eigenvalue weighted by molar-refractivity contribution is -0.150. The van der Waals surface area contributed by atoms with Gasteiger partial charge in [-0.2, -0.15) is 14.0 Å². The fraction of sp³-hybridized carbons (Fsp3) is 0.778. The van der Waals surface area contributed by atoms with E-state index in [1.165, 1.54) is 11.8 Å². The van der Waals surface area contributed by atoms with Gasteiger partial charge in [-0.3, -0.25) is 4.90 Å². The highest BCUT2D eigenvalue weighted by Gasteiger charge is 2.49.